The van der Waals surface area contributed by atoms with Crippen molar-refractivity contribution in [3.8, 4) is 0 Å². The second-order valence-electron chi connectivity index (χ2n) is 20.6. The van der Waals surface area contributed by atoms with Crippen molar-refractivity contribution in [1.82, 2.24) is 0 Å². The molecule has 1 aliphatic heterocycles. The smallest absolute Gasteiger partial charge is 0.335 e. The number of carboxylic acid groups (broad SMARTS) is 1. The van der Waals surface area contributed by atoms with E-state index < -0.39 is 67.3 Å². The maximum atomic E-state index is 13.2. The Morgan fingerprint density at radius 2 is 0.778 bits per heavy atom. The van der Waals surface area contributed by atoms with Gasteiger partial charge in [0.2, 0.25) is 0 Å². The molecule has 1 heterocycles. The lowest BCUT2D eigenvalue weighted by atomic mass is 9.98. The SMILES string of the molecule is CC/C=C\C/C=C\C/C=C\C/C=C\C/C=C\CCCCCC(=O)OCC(COC1OC(C(=O)O)C(O)C(O)C1OC(=O)CCCCCCC/C=C\C/C=C\CCCCC)OC(=O)CCCCCC/C=C\C/C=C\C/C=C\C/C=C\CC. The van der Waals surface area contributed by atoms with Gasteiger partial charge in [-0.1, -0.05) is 206 Å². The molecule has 0 saturated carbocycles. The Morgan fingerprint density at radius 1 is 0.420 bits per heavy atom. The second kappa shape index (κ2) is 55.4. The maximum absolute atomic E-state index is 13.2. The summed E-state index contributed by atoms with van der Waals surface area (Å²) in [4.78, 5) is 51.3. The molecule has 0 aromatic heterocycles. The van der Waals surface area contributed by atoms with Gasteiger partial charge in [0.1, 0.15) is 18.8 Å². The lowest BCUT2D eigenvalue weighted by Crippen LogP contribution is -2.61. The molecule has 0 spiro atoms. The molecule has 1 aliphatic rings. The van der Waals surface area contributed by atoms with Gasteiger partial charge < -0.3 is 39.0 Å². The largest absolute Gasteiger partial charge is 0.479 e. The number of allylic oxidation sites excluding steroid dienone is 22. The standard InChI is InChI=1S/C69H108O12/c1-4-7-10-13-16-19-22-25-28-30-31-33-35-37-40-43-46-49-52-55-61(70)77-58-60(79-62(71)56-53-50-47-44-41-39-36-32-29-26-23-20-17-14-11-8-5-2)59-78-69-67(65(74)64(73)66(81-69)68(75)76)80-63(72)57-54-51-48-45-42-38-34-27-24-21-18-15-12-9-6-3/h7-8,10-11,16-21,25-29,31,33-34,36-37,39-40,60,64-67,69,73-74H,4-6,9,12-15,22-24,30,32,35,38,41-59H2,1-3H3,(H,75,76)/b10-7-,11-8-,19-16-,20-17-,21-18-,28-25-,29-26-,33-31-,34-27-,39-36-,40-37-. The first-order chi connectivity index (χ1) is 39.6. The van der Waals surface area contributed by atoms with Gasteiger partial charge in [-0.2, -0.15) is 0 Å². The van der Waals surface area contributed by atoms with E-state index in [-0.39, 0.29) is 25.9 Å². The van der Waals surface area contributed by atoms with Crippen molar-refractivity contribution in [2.75, 3.05) is 13.2 Å². The zero-order valence-electron chi connectivity index (χ0n) is 50.2. The van der Waals surface area contributed by atoms with Gasteiger partial charge in [-0.25, -0.2) is 4.79 Å². The molecule has 1 rings (SSSR count). The summed E-state index contributed by atoms with van der Waals surface area (Å²) in [5, 5.41) is 31.5. The molecule has 12 nitrogen and oxygen atoms in total. The highest BCUT2D eigenvalue weighted by molar-refractivity contribution is 5.74. The van der Waals surface area contributed by atoms with Gasteiger partial charge in [0.05, 0.1) is 6.61 Å². The first-order valence-electron chi connectivity index (χ1n) is 31.2. The lowest BCUT2D eigenvalue weighted by molar-refractivity contribution is -0.301. The maximum Gasteiger partial charge on any atom is 0.335 e. The van der Waals surface area contributed by atoms with Gasteiger partial charge in [-0.05, 0) is 135 Å². The average Bonchev–Trinajstić information content (AvgIpc) is 3.53. The summed E-state index contributed by atoms with van der Waals surface area (Å²) in [5.41, 5.74) is 0. The van der Waals surface area contributed by atoms with Crippen LogP contribution in [0.15, 0.2) is 134 Å². The van der Waals surface area contributed by atoms with Crippen LogP contribution in [0.4, 0.5) is 0 Å². The minimum absolute atomic E-state index is 0.0306. The van der Waals surface area contributed by atoms with Crippen LogP contribution in [0.5, 0.6) is 0 Å². The molecule has 81 heavy (non-hydrogen) atoms. The molecule has 0 aliphatic carbocycles. The Morgan fingerprint density at radius 3 is 1.20 bits per heavy atom. The number of ether oxygens (including phenoxy) is 5. The van der Waals surface area contributed by atoms with E-state index in [1.54, 1.807) is 0 Å². The van der Waals surface area contributed by atoms with Crippen LogP contribution < -0.4 is 0 Å². The fourth-order valence-electron chi connectivity index (χ4n) is 8.47. The van der Waals surface area contributed by atoms with E-state index >= 15 is 0 Å². The van der Waals surface area contributed by atoms with Gasteiger partial charge in [0.25, 0.3) is 0 Å². The van der Waals surface area contributed by atoms with E-state index in [4.69, 9.17) is 23.7 Å². The monoisotopic (exact) mass is 1130 g/mol. The predicted octanol–water partition coefficient (Wildman–Crippen LogP) is 16.6. The van der Waals surface area contributed by atoms with Gasteiger partial charge in [0, 0.05) is 19.3 Å². The Balaban J connectivity index is 2.74. The topological polar surface area (TPSA) is 175 Å². The highest BCUT2D eigenvalue weighted by Gasteiger charge is 2.50. The molecule has 1 fully saturated rings. The average molecular weight is 1130 g/mol. The molecule has 0 aromatic carbocycles. The molecular weight excluding hydrogens is 1020 g/mol. The molecule has 0 aromatic rings. The number of hydrogen-bond donors (Lipinski definition) is 3. The first-order valence-corrected chi connectivity index (χ1v) is 31.2. The third-order valence-corrected chi connectivity index (χ3v) is 13.2. The summed E-state index contributed by atoms with van der Waals surface area (Å²) in [6.07, 6.45) is 65.5. The number of carboxylic acids is 1. The van der Waals surface area contributed by atoms with Crippen molar-refractivity contribution < 1.29 is 58.2 Å². The molecule has 456 valence electrons. The third-order valence-electron chi connectivity index (χ3n) is 13.2. The first kappa shape index (κ1) is 73.9. The molecule has 0 radical (unpaired) electrons. The van der Waals surface area contributed by atoms with Crippen LogP contribution in [0, 0.1) is 0 Å². The third kappa shape index (κ3) is 45.1. The number of aliphatic hydroxyl groups is 2. The number of esters is 3. The van der Waals surface area contributed by atoms with Crippen LogP contribution in [0.2, 0.25) is 0 Å². The van der Waals surface area contributed by atoms with Crippen LogP contribution >= 0.6 is 0 Å². The van der Waals surface area contributed by atoms with Gasteiger partial charge >= 0.3 is 23.9 Å². The second-order valence-corrected chi connectivity index (χ2v) is 20.6. The van der Waals surface area contributed by atoms with E-state index in [9.17, 15) is 34.5 Å². The number of aliphatic carboxylic acids is 1. The van der Waals surface area contributed by atoms with E-state index in [1.165, 1.54) is 19.3 Å². The molecule has 6 unspecified atom stereocenters. The molecule has 0 bridgehead atoms. The van der Waals surface area contributed by atoms with Crippen molar-refractivity contribution in [1.29, 1.82) is 0 Å². The number of unbranched alkanes of at least 4 members (excludes halogenated alkanes) is 15. The summed E-state index contributed by atoms with van der Waals surface area (Å²) >= 11 is 0. The molecule has 0 amide bonds. The molecule has 1 saturated heterocycles. The summed E-state index contributed by atoms with van der Waals surface area (Å²) in [7, 11) is 0. The summed E-state index contributed by atoms with van der Waals surface area (Å²) < 4.78 is 28.4. The minimum atomic E-state index is -1.92. The summed E-state index contributed by atoms with van der Waals surface area (Å²) in [6.45, 7) is 5.68. The fourth-order valence-corrected chi connectivity index (χ4v) is 8.47. The predicted molar refractivity (Wildman–Crippen MR) is 330 cm³/mol. The Hall–Kier alpha value is -5.14. The van der Waals surface area contributed by atoms with Crippen LogP contribution in [0.3, 0.4) is 0 Å². The van der Waals surface area contributed by atoms with E-state index in [0.717, 1.165) is 148 Å². The Labute approximate surface area is 490 Å². The zero-order valence-corrected chi connectivity index (χ0v) is 50.2. The van der Waals surface area contributed by atoms with Gasteiger partial charge in [-0.15, -0.1) is 0 Å². The highest BCUT2D eigenvalue weighted by atomic mass is 16.7. The van der Waals surface area contributed by atoms with Crippen molar-refractivity contribution in [3.63, 3.8) is 0 Å². The van der Waals surface area contributed by atoms with Crippen molar-refractivity contribution in [2.45, 2.75) is 263 Å². The number of aliphatic hydroxyl groups excluding tert-OH is 2. The quantitative estimate of drug-likeness (QED) is 0.0228. The summed E-state index contributed by atoms with van der Waals surface area (Å²) in [5.74, 6) is -3.23. The van der Waals surface area contributed by atoms with Crippen molar-refractivity contribution in [3.05, 3.63) is 134 Å². The normalized spacial score (nSPS) is 18.7. The fraction of sp³-hybridized carbons (Fsp3) is 0.623. The Bertz CT molecular complexity index is 1920. The highest BCUT2D eigenvalue weighted by Crippen LogP contribution is 2.26. The molecular formula is C69H108O12. The molecule has 3 N–H and O–H groups in total. The number of carbonyl (C=O) groups excluding carboxylic acids is 3. The number of carbonyl (C=O) groups is 4. The van der Waals surface area contributed by atoms with E-state index in [1.807, 2.05) is 0 Å². The number of hydrogen-bond acceptors (Lipinski definition) is 11. The Kier molecular flexibility index (Phi) is 50.5. The summed E-state index contributed by atoms with van der Waals surface area (Å²) in [6, 6.07) is 0. The van der Waals surface area contributed by atoms with Crippen LogP contribution in [-0.4, -0.2) is 89.2 Å². The van der Waals surface area contributed by atoms with E-state index in [2.05, 4.69) is 154 Å². The zero-order chi connectivity index (χ0) is 58.9. The van der Waals surface area contributed by atoms with Crippen LogP contribution in [0.1, 0.15) is 226 Å². The van der Waals surface area contributed by atoms with E-state index in [0.29, 0.717) is 19.3 Å². The van der Waals surface area contributed by atoms with Crippen LogP contribution in [0.25, 0.3) is 0 Å². The number of rotatable bonds is 51. The lowest BCUT2D eigenvalue weighted by Gasteiger charge is -2.40. The van der Waals surface area contributed by atoms with Gasteiger partial charge in [0.15, 0.2) is 24.6 Å². The minimum Gasteiger partial charge on any atom is -0.479 e. The van der Waals surface area contributed by atoms with Crippen molar-refractivity contribution >= 4 is 23.9 Å². The van der Waals surface area contributed by atoms with Gasteiger partial charge in [-0.3, -0.25) is 14.4 Å². The van der Waals surface area contributed by atoms with Crippen molar-refractivity contribution in [2.24, 2.45) is 0 Å². The molecule has 6 atom stereocenters. The molecule has 12 heteroatoms. The van der Waals surface area contributed by atoms with Crippen LogP contribution in [-0.2, 0) is 42.9 Å².